The Morgan fingerprint density at radius 2 is 1.83 bits per heavy atom. The van der Waals surface area contributed by atoms with E-state index >= 15 is 0 Å². The smallest absolute Gasteiger partial charge is 0.328 e. The second-order valence-electron chi connectivity index (χ2n) is 5.11. The number of benzene rings is 2. The maximum Gasteiger partial charge on any atom is 0.328 e. The highest BCUT2D eigenvalue weighted by molar-refractivity contribution is 5.87. The first kappa shape index (κ1) is 15.6. The molecular formula is C19H16N2O3. The van der Waals surface area contributed by atoms with Crippen LogP contribution in [0.4, 0.5) is 0 Å². The van der Waals surface area contributed by atoms with Gasteiger partial charge in [-0.3, -0.25) is 0 Å². The van der Waals surface area contributed by atoms with Gasteiger partial charge in [0.25, 0.3) is 0 Å². The van der Waals surface area contributed by atoms with Crippen LogP contribution in [-0.2, 0) is 4.79 Å². The van der Waals surface area contributed by atoms with E-state index < -0.39 is 5.97 Å². The van der Waals surface area contributed by atoms with E-state index in [0.29, 0.717) is 5.69 Å². The predicted octanol–water partition coefficient (Wildman–Crippen LogP) is 3.65. The quantitative estimate of drug-likeness (QED) is 0.729. The molecular weight excluding hydrogens is 304 g/mol. The van der Waals surface area contributed by atoms with E-state index in [4.69, 9.17) is 9.84 Å². The van der Waals surface area contributed by atoms with Crippen molar-refractivity contribution < 1.29 is 14.6 Å². The van der Waals surface area contributed by atoms with Crippen LogP contribution < -0.4 is 4.74 Å². The number of hydrogen-bond donors (Lipinski definition) is 1. The van der Waals surface area contributed by atoms with E-state index in [-0.39, 0.29) is 0 Å². The lowest BCUT2D eigenvalue weighted by Gasteiger charge is -2.02. The molecule has 1 heterocycles. The number of ether oxygens (including phenoxy) is 1. The van der Waals surface area contributed by atoms with Crippen molar-refractivity contribution in [1.29, 1.82) is 0 Å². The van der Waals surface area contributed by atoms with Crippen LogP contribution in [0.3, 0.4) is 0 Å². The molecule has 0 amide bonds. The Labute approximate surface area is 139 Å². The summed E-state index contributed by atoms with van der Waals surface area (Å²) >= 11 is 0. The summed E-state index contributed by atoms with van der Waals surface area (Å²) in [6.45, 7) is 0. The maximum absolute atomic E-state index is 10.9. The topological polar surface area (TPSA) is 64.4 Å². The molecule has 5 nitrogen and oxygen atoms in total. The second kappa shape index (κ2) is 6.83. The van der Waals surface area contributed by atoms with Gasteiger partial charge in [-0.2, -0.15) is 5.10 Å². The molecule has 0 aliphatic carbocycles. The number of aliphatic carboxylic acids is 1. The molecule has 0 aliphatic rings. The molecule has 0 atom stereocenters. The number of carboxylic acids is 1. The van der Waals surface area contributed by atoms with Gasteiger partial charge in [-0.05, 0) is 42.5 Å². The largest absolute Gasteiger partial charge is 0.497 e. The molecule has 3 aromatic rings. The summed E-state index contributed by atoms with van der Waals surface area (Å²) in [4.78, 5) is 10.9. The Kier molecular flexibility index (Phi) is 4.43. The van der Waals surface area contributed by atoms with Crippen LogP contribution in [0.25, 0.3) is 23.0 Å². The van der Waals surface area contributed by atoms with E-state index in [1.165, 1.54) is 0 Å². The lowest BCUT2D eigenvalue weighted by molar-refractivity contribution is -0.131. The SMILES string of the molecule is COc1ccc(-c2nn(-c3ccccc3)cc2/C=C/C(=O)O)cc1. The molecule has 0 saturated heterocycles. The molecule has 1 N–H and O–H groups in total. The zero-order chi connectivity index (χ0) is 16.9. The van der Waals surface area contributed by atoms with Crippen LogP contribution in [0.15, 0.2) is 66.9 Å². The van der Waals surface area contributed by atoms with Gasteiger partial charge in [-0.25, -0.2) is 9.48 Å². The highest BCUT2D eigenvalue weighted by Crippen LogP contribution is 2.26. The Morgan fingerprint density at radius 1 is 1.12 bits per heavy atom. The number of nitrogens with zero attached hydrogens (tertiary/aromatic N) is 2. The fourth-order valence-corrected chi connectivity index (χ4v) is 2.36. The van der Waals surface area contributed by atoms with E-state index in [2.05, 4.69) is 5.10 Å². The maximum atomic E-state index is 10.9. The Hall–Kier alpha value is -3.34. The number of hydrogen-bond acceptors (Lipinski definition) is 3. The van der Waals surface area contributed by atoms with Crippen LogP contribution >= 0.6 is 0 Å². The third kappa shape index (κ3) is 3.35. The van der Waals surface area contributed by atoms with Crippen molar-refractivity contribution in [3.8, 4) is 22.7 Å². The van der Waals surface area contributed by atoms with Crippen molar-refractivity contribution in [2.24, 2.45) is 0 Å². The Bertz CT molecular complexity index is 865. The van der Waals surface area contributed by atoms with Crippen molar-refractivity contribution >= 4 is 12.0 Å². The summed E-state index contributed by atoms with van der Waals surface area (Å²) in [7, 11) is 1.61. The number of aromatic nitrogens is 2. The van der Waals surface area contributed by atoms with Crippen molar-refractivity contribution in [3.05, 3.63) is 72.4 Å². The van der Waals surface area contributed by atoms with Gasteiger partial charge in [0.1, 0.15) is 5.75 Å². The van der Waals surface area contributed by atoms with Crippen LogP contribution in [0.1, 0.15) is 5.56 Å². The van der Waals surface area contributed by atoms with Gasteiger partial charge >= 0.3 is 5.97 Å². The van der Waals surface area contributed by atoms with Crippen molar-refractivity contribution in [3.63, 3.8) is 0 Å². The average Bonchev–Trinajstić information content (AvgIpc) is 3.05. The Balaban J connectivity index is 2.08. The van der Waals surface area contributed by atoms with Crippen LogP contribution in [0, 0.1) is 0 Å². The van der Waals surface area contributed by atoms with E-state index in [1.54, 1.807) is 17.9 Å². The fourth-order valence-electron chi connectivity index (χ4n) is 2.36. The Morgan fingerprint density at radius 3 is 2.46 bits per heavy atom. The second-order valence-corrected chi connectivity index (χ2v) is 5.11. The van der Waals surface area contributed by atoms with Gasteiger partial charge in [0.05, 0.1) is 18.5 Å². The molecule has 0 radical (unpaired) electrons. The van der Waals surface area contributed by atoms with Gasteiger partial charge in [0.15, 0.2) is 0 Å². The summed E-state index contributed by atoms with van der Waals surface area (Å²) in [5.74, 6) is -0.244. The number of carboxylic acid groups (broad SMARTS) is 1. The monoisotopic (exact) mass is 320 g/mol. The van der Waals surface area contributed by atoms with Crippen molar-refractivity contribution in [2.45, 2.75) is 0 Å². The highest BCUT2D eigenvalue weighted by Gasteiger charge is 2.11. The molecule has 0 fully saturated rings. The van der Waals surface area contributed by atoms with E-state index in [1.807, 2.05) is 60.8 Å². The summed E-state index contributed by atoms with van der Waals surface area (Å²) in [5, 5.41) is 13.5. The fraction of sp³-hybridized carbons (Fsp3) is 0.0526. The summed E-state index contributed by atoms with van der Waals surface area (Å²) in [5.41, 5.74) is 3.23. The van der Waals surface area contributed by atoms with Crippen LogP contribution in [0.5, 0.6) is 5.75 Å². The highest BCUT2D eigenvalue weighted by atomic mass is 16.5. The first-order valence-corrected chi connectivity index (χ1v) is 7.38. The summed E-state index contributed by atoms with van der Waals surface area (Å²) < 4.78 is 6.91. The lowest BCUT2D eigenvalue weighted by Crippen LogP contribution is -1.94. The third-order valence-electron chi connectivity index (χ3n) is 3.53. The molecule has 0 bridgehead atoms. The molecule has 0 saturated carbocycles. The molecule has 0 unspecified atom stereocenters. The van der Waals surface area contributed by atoms with Crippen molar-refractivity contribution in [1.82, 2.24) is 9.78 Å². The van der Waals surface area contributed by atoms with Gasteiger partial charge in [0.2, 0.25) is 0 Å². The van der Waals surface area contributed by atoms with Gasteiger partial charge in [0, 0.05) is 23.4 Å². The molecule has 120 valence electrons. The third-order valence-corrected chi connectivity index (χ3v) is 3.53. The first-order valence-electron chi connectivity index (χ1n) is 7.38. The summed E-state index contributed by atoms with van der Waals surface area (Å²) in [6.07, 6.45) is 4.47. The molecule has 1 aromatic heterocycles. The molecule has 24 heavy (non-hydrogen) atoms. The van der Waals surface area contributed by atoms with E-state index in [9.17, 15) is 4.79 Å². The number of rotatable bonds is 5. The zero-order valence-electron chi connectivity index (χ0n) is 13.1. The predicted molar refractivity (Wildman–Crippen MR) is 92.2 cm³/mol. The van der Waals surface area contributed by atoms with Crippen molar-refractivity contribution in [2.75, 3.05) is 7.11 Å². The molecule has 0 spiro atoms. The molecule has 3 rings (SSSR count). The van der Waals surface area contributed by atoms with E-state index in [0.717, 1.165) is 28.6 Å². The summed E-state index contributed by atoms with van der Waals surface area (Å²) in [6, 6.07) is 17.2. The van der Waals surface area contributed by atoms with Gasteiger partial charge in [-0.1, -0.05) is 18.2 Å². The van der Waals surface area contributed by atoms with Crippen LogP contribution in [0.2, 0.25) is 0 Å². The molecule has 5 heteroatoms. The first-order chi connectivity index (χ1) is 11.7. The standard InChI is InChI=1S/C19H16N2O3/c1-24-17-10-7-14(8-11-17)19-15(9-12-18(22)23)13-21(20-19)16-5-3-2-4-6-16/h2-13H,1H3,(H,22,23)/b12-9+. The van der Waals surface area contributed by atoms with Gasteiger partial charge < -0.3 is 9.84 Å². The van der Waals surface area contributed by atoms with Gasteiger partial charge in [-0.15, -0.1) is 0 Å². The lowest BCUT2D eigenvalue weighted by atomic mass is 10.1. The normalized spacial score (nSPS) is 10.9. The minimum Gasteiger partial charge on any atom is -0.497 e. The number of para-hydroxylation sites is 1. The average molecular weight is 320 g/mol. The number of methoxy groups -OCH3 is 1. The van der Waals surface area contributed by atoms with Crippen LogP contribution in [-0.4, -0.2) is 28.0 Å². The number of carbonyl (C=O) groups is 1. The minimum atomic E-state index is -0.997. The minimum absolute atomic E-state index is 0.707. The molecule has 0 aliphatic heterocycles. The zero-order valence-corrected chi connectivity index (χ0v) is 13.1. The molecule has 2 aromatic carbocycles.